The third kappa shape index (κ3) is 3.20. The summed E-state index contributed by atoms with van der Waals surface area (Å²) >= 11 is 0. The number of aromatic nitrogens is 3. The number of pyridine rings is 1. The first kappa shape index (κ1) is 16.7. The van der Waals surface area contributed by atoms with Crippen molar-refractivity contribution < 1.29 is 13.2 Å². The standard InChI is InChI=1S/C18H16F3N5/c19-18(20,21)12-5-3-11(4-6-12)15-16-14(2-1-8-23-16)17(26-25-15)24-13-7-9-22-10-13/h1-6,8,13,22H,7,9-10H2,(H,24,26)/t13-/m0/s1. The van der Waals surface area contributed by atoms with Gasteiger partial charge in [0.1, 0.15) is 11.2 Å². The van der Waals surface area contributed by atoms with Crippen LogP contribution in [0.2, 0.25) is 0 Å². The molecule has 1 saturated heterocycles. The minimum atomic E-state index is -4.37. The van der Waals surface area contributed by atoms with Crippen molar-refractivity contribution in [2.24, 2.45) is 0 Å². The fourth-order valence-corrected chi connectivity index (χ4v) is 3.08. The number of benzene rings is 1. The maximum Gasteiger partial charge on any atom is 0.416 e. The van der Waals surface area contributed by atoms with Crippen LogP contribution in [0.5, 0.6) is 0 Å². The maximum atomic E-state index is 12.8. The van der Waals surface area contributed by atoms with Crippen LogP contribution in [0.4, 0.5) is 19.0 Å². The first-order chi connectivity index (χ1) is 12.5. The lowest BCUT2D eigenvalue weighted by Gasteiger charge is -2.14. The van der Waals surface area contributed by atoms with Crippen LogP contribution in [0.3, 0.4) is 0 Å². The Hall–Kier alpha value is -2.74. The molecule has 2 aromatic heterocycles. The molecule has 1 atom stereocenters. The van der Waals surface area contributed by atoms with Crippen molar-refractivity contribution in [3.8, 4) is 11.3 Å². The minimum absolute atomic E-state index is 0.268. The average molecular weight is 359 g/mol. The summed E-state index contributed by atoms with van der Waals surface area (Å²) in [6.45, 7) is 1.80. The summed E-state index contributed by atoms with van der Waals surface area (Å²) in [6, 6.07) is 8.84. The number of rotatable bonds is 3. The molecule has 2 N–H and O–H groups in total. The van der Waals surface area contributed by atoms with Crippen LogP contribution in [-0.4, -0.2) is 34.3 Å². The molecule has 0 radical (unpaired) electrons. The second kappa shape index (κ2) is 6.53. The van der Waals surface area contributed by atoms with Gasteiger partial charge in [-0.2, -0.15) is 13.2 Å². The van der Waals surface area contributed by atoms with Gasteiger partial charge in [0.2, 0.25) is 0 Å². The Bertz CT molecular complexity index is 918. The highest BCUT2D eigenvalue weighted by molar-refractivity contribution is 5.97. The molecule has 1 aliphatic rings. The van der Waals surface area contributed by atoms with Crippen molar-refractivity contribution in [2.45, 2.75) is 18.6 Å². The normalized spacial score (nSPS) is 17.6. The average Bonchev–Trinajstić information content (AvgIpc) is 3.15. The van der Waals surface area contributed by atoms with Gasteiger partial charge in [-0.05, 0) is 37.2 Å². The molecule has 0 saturated carbocycles. The molecular weight excluding hydrogens is 343 g/mol. The number of hydrogen-bond acceptors (Lipinski definition) is 5. The van der Waals surface area contributed by atoms with Crippen molar-refractivity contribution in [3.05, 3.63) is 48.2 Å². The Balaban J connectivity index is 1.74. The molecule has 4 rings (SSSR count). The van der Waals surface area contributed by atoms with Crippen molar-refractivity contribution >= 4 is 16.7 Å². The zero-order chi connectivity index (χ0) is 18.1. The number of fused-ring (bicyclic) bond motifs is 1. The van der Waals surface area contributed by atoms with E-state index in [4.69, 9.17) is 0 Å². The number of halogens is 3. The van der Waals surface area contributed by atoms with E-state index in [1.165, 1.54) is 12.1 Å². The summed E-state index contributed by atoms with van der Waals surface area (Å²) in [5.74, 6) is 0.637. The van der Waals surface area contributed by atoms with E-state index in [1.54, 1.807) is 12.3 Å². The van der Waals surface area contributed by atoms with E-state index < -0.39 is 11.7 Å². The lowest BCUT2D eigenvalue weighted by molar-refractivity contribution is -0.137. The Morgan fingerprint density at radius 3 is 2.58 bits per heavy atom. The molecule has 3 aromatic rings. The highest BCUT2D eigenvalue weighted by Crippen LogP contribution is 2.33. The molecule has 26 heavy (non-hydrogen) atoms. The van der Waals surface area contributed by atoms with Gasteiger partial charge in [-0.1, -0.05) is 12.1 Å². The Morgan fingerprint density at radius 2 is 1.88 bits per heavy atom. The van der Waals surface area contributed by atoms with Gasteiger partial charge < -0.3 is 10.6 Å². The topological polar surface area (TPSA) is 62.7 Å². The third-order valence-corrected chi connectivity index (χ3v) is 4.42. The SMILES string of the molecule is FC(F)(F)c1ccc(-c2nnc(N[C@H]3CCNC3)c3cccnc23)cc1. The molecule has 134 valence electrons. The van der Waals surface area contributed by atoms with E-state index in [9.17, 15) is 13.2 Å². The van der Waals surface area contributed by atoms with Crippen molar-refractivity contribution in [1.29, 1.82) is 0 Å². The van der Waals surface area contributed by atoms with Gasteiger partial charge in [0.25, 0.3) is 0 Å². The predicted molar refractivity (Wildman–Crippen MR) is 92.7 cm³/mol. The van der Waals surface area contributed by atoms with Crippen molar-refractivity contribution in [1.82, 2.24) is 20.5 Å². The molecule has 1 aliphatic heterocycles. The quantitative estimate of drug-likeness (QED) is 0.750. The molecule has 3 heterocycles. The third-order valence-electron chi connectivity index (χ3n) is 4.42. The molecule has 0 aliphatic carbocycles. The fraction of sp³-hybridized carbons (Fsp3) is 0.278. The number of anilines is 1. The van der Waals surface area contributed by atoms with Gasteiger partial charge in [-0.25, -0.2) is 0 Å². The number of hydrogen-bond donors (Lipinski definition) is 2. The number of nitrogens with one attached hydrogen (secondary N) is 2. The zero-order valence-electron chi connectivity index (χ0n) is 13.7. The van der Waals surface area contributed by atoms with Crippen LogP contribution in [0, 0.1) is 0 Å². The van der Waals surface area contributed by atoms with Crippen LogP contribution in [-0.2, 0) is 6.18 Å². The van der Waals surface area contributed by atoms with Gasteiger partial charge in [0, 0.05) is 29.7 Å². The van der Waals surface area contributed by atoms with Gasteiger partial charge >= 0.3 is 6.18 Å². The van der Waals surface area contributed by atoms with E-state index >= 15 is 0 Å². The first-order valence-corrected chi connectivity index (χ1v) is 8.28. The summed E-state index contributed by atoms with van der Waals surface area (Å²) in [5.41, 5.74) is 0.918. The summed E-state index contributed by atoms with van der Waals surface area (Å²) in [4.78, 5) is 4.38. The van der Waals surface area contributed by atoms with E-state index in [0.717, 1.165) is 37.0 Å². The largest absolute Gasteiger partial charge is 0.416 e. The molecule has 1 aromatic carbocycles. The van der Waals surface area contributed by atoms with Gasteiger partial charge in [-0.3, -0.25) is 4.98 Å². The maximum absolute atomic E-state index is 12.8. The number of nitrogens with zero attached hydrogens (tertiary/aromatic N) is 3. The molecular formula is C18H16F3N5. The summed E-state index contributed by atoms with van der Waals surface area (Å²) in [6.07, 6.45) is -1.74. The first-order valence-electron chi connectivity index (χ1n) is 8.28. The molecule has 0 amide bonds. The van der Waals surface area contributed by atoms with E-state index in [2.05, 4.69) is 25.8 Å². The Labute approximate surface area is 147 Å². The Morgan fingerprint density at radius 1 is 1.08 bits per heavy atom. The molecule has 8 heteroatoms. The second-order valence-corrected chi connectivity index (χ2v) is 6.21. The number of alkyl halides is 3. The highest BCUT2D eigenvalue weighted by Gasteiger charge is 2.30. The van der Waals surface area contributed by atoms with Crippen LogP contribution in [0.25, 0.3) is 22.2 Å². The smallest absolute Gasteiger partial charge is 0.364 e. The monoisotopic (exact) mass is 359 g/mol. The summed E-state index contributed by atoms with van der Waals surface area (Å²) in [7, 11) is 0. The van der Waals surface area contributed by atoms with Gasteiger partial charge in [-0.15, -0.1) is 10.2 Å². The minimum Gasteiger partial charge on any atom is -0.364 e. The Kier molecular flexibility index (Phi) is 4.20. The second-order valence-electron chi connectivity index (χ2n) is 6.21. The van der Waals surface area contributed by atoms with Crippen LogP contribution in [0.15, 0.2) is 42.6 Å². The van der Waals surface area contributed by atoms with Gasteiger partial charge in [0.15, 0.2) is 5.82 Å². The molecule has 1 fully saturated rings. The summed E-state index contributed by atoms with van der Waals surface area (Å²) < 4.78 is 38.3. The van der Waals surface area contributed by atoms with Crippen molar-refractivity contribution in [3.63, 3.8) is 0 Å². The molecule has 5 nitrogen and oxygen atoms in total. The van der Waals surface area contributed by atoms with E-state index in [-0.39, 0.29) is 6.04 Å². The zero-order valence-corrected chi connectivity index (χ0v) is 13.7. The predicted octanol–water partition coefficient (Wildman–Crippen LogP) is 3.48. The van der Waals surface area contributed by atoms with E-state index in [1.807, 2.05) is 6.07 Å². The summed E-state index contributed by atoms with van der Waals surface area (Å²) in [5, 5.41) is 15.9. The van der Waals surface area contributed by atoms with Gasteiger partial charge in [0.05, 0.1) is 5.56 Å². The van der Waals surface area contributed by atoms with Crippen LogP contribution < -0.4 is 10.6 Å². The van der Waals surface area contributed by atoms with Crippen LogP contribution >= 0.6 is 0 Å². The van der Waals surface area contributed by atoms with Crippen LogP contribution in [0.1, 0.15) is 12.0 Å². The lowest BCUT2D eigenvalue weighted by atomic mass is 10.1. The molecule has 0 unspecified atom stereocenters. The highest BCUT2D eigenvalue weighted by atomic mass is 19.4. The molecule has 0 spiro atoms. The van der Waals surface area contributed by atoms with Crippen molar-refractivity contribution in [2.75, 3.05) is 18.4 Å². The fourth-order valence-electron chi connectivity index (χ4n) is 3.08. The van der Waals surface area contributed by atoms with E-state index in [0.29, 0.717) is 22.6 Å². The lowest BCUT2D eigenvalue weighted by Crippen LogP contribution is -2.23. The molecule has 0 bridgehead atoms.